The Kier molecular flexibility index (Phi) is 3.15. The maximum Gasteiger partial charge on any atom is 0.138 e. The Morgan fingerprint density at radius 2 is 2.12 bits per heavy atom. The minimum atomic E-state index is 0.109. The average Bonchev–Trinajstić information content (AvgIpc) is 2.94. The molecule has 2 N–H and O–H groups in total. The zero-order chi connectivity index (χ0) is 11.7. The first-order valence-electron chi connectivity index (χ1n) is 5.95. The highest BCUT2D eigenvalue weighted by Crippen LogP contribution is 2.45. The van der Waals surface area contributed by atoms with Crippen LogP contribution < -0.4 is 10.5 Å². The van der Waals surface area contributed by atoms with Crippen LogP contribution >= 0.6 is 0 Å². The Labute approximate surface area is 97.0 Å². The fourth-order valence-electron chi connectivity index (χ4n) is 2.05. The van der Waals surface area contributed by atoms with Crippen molar-refractivity contribution in [2.24, 2.45) is 17.6 Å². The second kappa shape index (κ2) is 4.42. The van der Waals surface area contributed by atoms with Crippen molar-refractivity contribution in [3.05, 3.63) is 24.0 Å². The average molecular weight is 220 g/mol. The Morgan fingerprint density at radius 1 is 1.44 bits per heavy atom. The van der Waals surface area contributed by atoms with Crippen LogP contribution in [0, 0.1) is 11.8 Å². The van der Waals surface area contributed by atoms with E-state index in [0.29, 0.717) is 5.92 Å². The largest absolute Gasteiger partial charge is 0.489 e. The molecule has 0 spiro atoms. The first-order valence-corrected chi connectivity index (χ1v) is 5.95. The fourth-order valence-corrected chi connectivity index (χ4v) is 2.05. The van der Waals surface area contributed by atoms with Crippen molar-refractivity contribution in [1.29, 1.82) is 0 Å². The molecule has 0 radical (unpaired) electrons. The highest BCUT2D eigenvalue weighted by Gasteiger charge is 2.38. The van der Waals surface area contributed by atoms with E-state index in [2.05, 4.69) is 11.9 Å². The van der Waals surface area contributed by atoms with E-state index in [4.69, 9.17) is 10.5 Å². The van der Waals surface area contributed by atoms with Gasteiger partial charge in [-0.25, -0.2) is 0 Å². The fraction of sp³-hybridized carbons (Fsp3) is 0.615. The van der Waals surface area contributed by atoms with E-state index in [-0.39, 0.29) is 12.1 Å². The summed E-state index contributed by atoms with van der Waals surface area (Å²) < 4.78 is 5.61. The summed E-state index contributed by atoms with van der Waals surface area (Å²) >= 11 is 0. The van der Waals surface area contributed by atoms with Gasteiger partial charge in [-0.15, -0.1) is 0 Å². The standard InChI is InChI=1S/C13H20N2O/c1-8(2)16-11-5-10(6-15-7-11)13(14)12-4-9(12)3/h5-9,12-13H,4,14H2,1-3H3. The van der Waals surface area contributed by atoms with Crippen LogP contribution in [0.15, 0.2) is 18.5 Å². The summed E-state index contributed by atoms with van der Waals surface area (Å²) in [6.45, 7) is 6.26. The smallest absolute Gasteiger partial charge is 0.138 e. The molecule has 3 nitrogen and oxygen atoms in total. The van der Waals surface area contributed by atoms with Gasteiger partial charge in [0.2, 0.25) is 0 Å². The summed E-state index contributed by atoms with van der Waals surface area (Å²) in [7, 11) is 0. The van der Waals surface area contributed by atoms with Crippen molar-refractivity contribution < 1.29 is 4.74 Å². The van der Waals surface area contributed by atoms with Crippen LogP contribution in [-0.2, 0) is 0 Å². The maximum absolute atomic E-state index is 6.19. The highest BCUT2D eigenvalue weighted by molar-refractivity contribution is 5.27. The van der Waals surface area contributed by atoms with Crippen LogP contribution in [-0.4, -0.2) is 11.1 Å². The number of hydrogen-bond donors (Lipinski definition) is 1. The van der Waals surface area contributed by atoms with E-state index in [0.717, 1.165) is 17.2 Å². The molecule has 16 heavy (non-hydrogen) atoms. The van der Waals surface area contributed by atoms with Gasteiger partial charge in [-0.2, -0.15) is 0 Å². The van der Waals surface area contributed by atoms with Gasteiger partial charge < -0.3 is 10.5 Å². The van der Waals surface area contributed by atoms with Gasteiger partial charge in [-0.3, -0.25) is 4.98 Å². The lowest BCUT2D eigenvalue weighted by Gasteiger charge is -2.14. The Balaban J connectivity index is 2.09. The van der Waals surface area contributed by atoms with Crippen molar-refractivity contribution in [2.75, 3.05) is 0 Å². The number of aromatic nitrogens is 1. The summed E-state index contributed by atoms with van der Waals surface area (Å²) in [5.41, 5.74) is 7.29. The molecule has 1 fully saturated rings. The third kappa shape index (κ3) is 2.53. The third-order valence-electron chi connectivity index (χ3n) is 3.12. The molecule has 2 rings (SSSR count). The van der Waals surface area contributed by atoms with E-state index >= 15 is 0 Å². The number of rotatable bonds is 4. The molecule has 1 aromatic heterocycles. The molecule has 3 atom stereocenters. The van der Waals surface area contributed by atoms with Gasteiger partial charge in [0.15, 0.2) is 0 Å². The molecule has 1 saturated carbocycles. The molecule has 1 aliphatic rings. The van der Waals surface area contributed by atoms with Crippen LogP contribution in [0.4, 0.5) is 0 Å². The van der Waals surface area contributed by atoms with Crippen molar-refractivity contribution in [1.82, 2.24) is 4.98 Å². The van der Waals surface area contributed by atoms with Gasteiger partial charge in [0.05, 0.1) is 12.3 Å². The molecule has 0 aliphatic heterocycles. The van der Waals surface area contributed by atoms with Crippen LogP contribution in [0.2, 0.25) is 0 Å². The number of nitrogens with zero attached hydrogens (tertiary/aromatic N) is 1. The molecule has 3 heteroatoms. The zero-order valence-corrected chi connectivity index (χ0v) is 10.2. The van der Waals surface area contributed by atoms with Gasteiger partial charge in [0.1, 0.15) is 5.75 Å². The van der Waals surface area contributed by atoms with E-state index in [1.807, 2.05) is 26.1 Å². The van der Waals surface area contributed by atoms with Crippen LogP contribution in [0.25, 0.3) is 0 Å². The number of hydrogen-bond acceptors (Lipinski definition) is 3. The normalized spacial score (nSPS) is 25.6. The topological polar surface area (TPSA) is 48.1 Å². The third-order valence-corrected chi connectivity index (χ3v) is 3.12. The summed E-state index contributed by atoms with van der Waals surface area (Å²) in [6, 6.07) is 2.13. The van der Waals surface area contributed by atoms with Gasteiger partial charge in [0.25, 0.3) is 0 Å². The minimum absolute atomic E-state index is 0.109. The molecular formula is C13H20N2O. The van der Waals surface area contributed by atoms with E-state index in [9.17, 15) is 0 Å². The number of nitrogens with two attached hydrogens (primary N) is 1. The monoisotopic (exact) mass is 220 g/mol. The molecule has 1 aromatic rings. The summed E-state index contributed by atoms with van der Waals surface area (Å²) in [6.07, 6.45) is 5.00. The lowest BCUT2D eigenvalue weighted by Crippen LogP contribution is -2.14. The first-order chi connectivity index (χ1) is 7.58. The summed E-state index contributed by atoms with van der Waals surface area (Å²) in [5, 5.41) is 0. The molecule has 0 bridgehead atoms. The number of ether oxygens (including phenoxy) is 1. The molecule has 0 saturated heterocycles. The van der Waals surface area contributed by atoms with Crippen molar-refractivity contribution in [3.8, 4) is 5.75 Å². The Morgan fingerprint density at radius 3 is 2.69 bits per heavy atom. The quantitative estimate of drug-likeness (QED) is 0.848. The van der Waals surface area contributed by atoms with Gasteiger partial charge >= 0.3 is 0 Å². The molecule has 1 aliphatic carbocycles. The van der Waals surface area contributed by atoms with Crippen molar-refractivity contribution in [3.63, 3.8) is 0 Å². The maximum atomic E-state index is 6.19. The van der Waals surface area contributed by atoms with E-state index in [1.165, 1.54) is 6.42 Å². The molecule has 3 unspecified atom stereocenters. The first kappa shape index (κ1) is 11.4. The SMILES string of the molecule is CC(C)Oc1cncc(C(N)C2CC2C)c1. The van der Waals surface area contributed by atoms with Crippen LogP contribution in [0.3, 0.4) is 0 Å². The lowest BCUT2D eigenvalue weighted by atomic mass is 10.0. The summed E-state index contributed by atoms with van der Waals surface area (Å²) in [4.78, 5) is 4.19. The van der Waals surface area contributed by atoms with Gasteiger partial charge in [0, 0.05) is 12.2 Å². The molecule has 88 valence electrons. The molecule has 0 amide bonds. The molecular weight excluding hydrogens is 200 g/mol. The predicted molar refractivity (Wildman–Crippen MR) is 64.2 cm³/mol. The van der Waals surface area contributed by atoms with E-state index in [1.54, 1.807) is 6.20 Å². The number of pyridine rings is 1. The van der Waals surface area contributed by atoms with E-state index < -0.39 is 0 Å². The van der Waals surface area contributed by atoms with Crippen molar-refractivity contribution in [2.45, 2.75) is 39.3 Å². The second-order valence-electron chi connectivity index (χ2n) is 5.02. The Bertz CT molecular complexity index is 365. The van der Waals surface area contributed by atoms with Gasteiger partial charge in [-0.05, 0) is 43.7 Å². The van der Waals surface area contributed by atoms with Crippen LogP contribution in [0.1, 0.15) is 38.8 Å². The van der Waals surface area contributed by atoms with Crippen molar-refractivity contribution >= 4 is 0 Å². The minimum Gasteiger partial charge on any atom is -0.489 e. The Hall–Kier alpha value is -1.09. The highest BCUT2D eigenvalue weighted by atomic mass is 16.5. The van der Waals surface area contributed by atoms with Crippen LogP contribution in [0.5, 0.6) is 5.75 Å². The molecule has 0 aromatic carbocycles. The predicted octanol–water partition coefficient (Wildman–Crippen LogP) is 2.52. The molecule has 1 heterocycles. The van der Waals surface area contributed by atoms with Gasteiger partial charge in [-0.1, -0.05) is 6.92 Å². The summed E-state index contributed by atoms with van der Waals surface area (Å²) in [5.74, 6) is 2.19. The zero-order valence-electron chi connectivity index (χ0n) is 10.2. The second-order valence-corrected chi connectivity index (χ2v) is 5.02. The lowest BCUT2D eigenvalue weighted by molar-refractivity contribution is 0.241.